The lowest BCUT2D eigenvalue weighted by atomic mass is 10.0. The number of rotatable bonds is 13. The van der Waals surface area contributed by atoms with Gasteiger partial charge in [-0.05, 0) is 68.0 Å². The Morgan fingerprint density at radius 2 is 1.40 bits per heavy atom. The van der Waals surface area contributed by atoms with Crippen molar-refractivity contribution in [2.24, 2.45) is 0 Å². The number of nitrogens with one attached hydrogen (secondary N) is 1. The molecule has 0 aliphatic carbocycles. The predicted octanol–water partition coefficient (Wildman–Crippen LogP) is 5.38. The number of hydrogen-bond acceptors (Lipinski definition) is 4. The first kappa shape index (κ1) is 30.9. The standard InChI is InChI=1S/C32H41N3O4S/c1-6-30(32(37)33-25(4)5)34(22-21-26-13-9-7-10-14-26)31(36)23-35(28-19-17-27(18-20-28)24(2)3)40(38,39)29-15-11-8-12-16-29/h7-20,24-25,30H,6,21-23H2,1-5H3,(H,33,37)/t30-/m0/s1. The summed E-state index contributed by atoms with van der Waals surface area (Å²) in [6, 6.07) is 24.2. The molecule has 3 rings (SSSR count). The Morgan fingerprint density at radius 1 is 0.825 bits per heavy atom. The zero-order chi connectivity index (χ0) is 29.3. The van der Waals surface area contributed by atoms with Gasteiger partial charge in [0.1, 0.15) is 12.6 Å². The molecule has 0 fully saturated rings. The average Bonchev–Trinajstić information content (AvgIpc) is 2.94. The second-order valence-corrected chi connectivity index (χ2v) is 12.3. The zero-order valence-corrected chi connectivity index (χ0v) is 24.9. The van der Waals surface area contributed by atoms with Crippen LogP contribution in [0.5, 0.6) is 0 Å². The molecule has 0 saturated heterocycles. The van der Waals surface area contributed by atoms with E-state index in [0.717, 1.165) is 15.4 Å². The highest BCUT2D eigenvalue weighted by Crippen LogP contribution is 2.26. The number of benzene rings is 3. The fraction of sp³-hybridized carbons (Fsp3) is 0.375. The molecule has 1 atom stereocenters. The molecule has 214 valence electrons. The van der Waals surface area contributed by atoms with Crippen LogP contribution >= 0.6 is 0 Å². The molecule has 7 nitrogen and oxygen atoms in total. The highest BCUT2D eigenvalue weighted by atomic mass is 32.2. The van der Waals surface area contributed by atoms with E-state index in [1.807, 2.05) is 63.2 Å². The van der Waals surface area contributed by atoms with Gasteiger partial charge < -0.3 is 10.2 Å². The molecule has 0 aromatic heterocycles. The number of nitrogens with zero attached hydrogens (tertiary/aromatic N) is 2. The van der Waals surface area contributed by atoms with Crippen LogP contribution in [0.1, 0.15) is 58.1 Å². The van der Waals surface area contributed by atoms with Crippen molar-refractivity contribution in [3.05, 3.63) is 96.1 Å². The van der Waals surface area contributed by atoms with Gasteiger partial charge in [0.2, 0.25) is 11.8 Å². The van der Waals surface area contributed by atoms with Crippen LogP contribution in [0, 0.1) is 0 Å². The van der Waals surface area contributed by atoms with Crippen molar-refractivity contribution in [3.63, 3.8) is 0 Å². The lowest BCUT2D eigenvalue weighted by Gasteiger charge is -2.33. The third-order valence-electron chi connectivity index (χ3n) is 6.76. The highest BCUT2D eigenvalue weighted by Gasteiger charge is 2.33. The first-order valence-corrected chi connectivity index (χ1v) is 15.3. The molecule has 0 unspecified atom stereocenters. The first-order chi connectivity index (χ1) is 19.0. The normalized spacial score (nSPS) is 12.3. The van der Waals surface area contributed by atoms with E-state index >= 15 is 0 Å². The van der Waals surface area contributed by atoms with Gasteiger partial charge in [-0.3, -0.25) is 13.9 Å². The maximum atomic E-state index is 14.0. The smallest absolute Gasteiger partial charge is 0.264 e. The van der Waals surface area contributed by atoms with E-state index in [0.29, 0.717) is 18.5 Å². The maximum Gasteiger partial charge on any atom is 0.264 e. The fourth-order valence-electron chi connectivity index (χ4n) is 4.55. The summed E-state index contributed by atoms with van der Waals surface area (Å²) < 4.78 is 28.9. The van der Waals surface area contributed by atoms with Gasteiger partial charge >= 0.3 is 0 Å². The molecule has 0 radical (unpaired) electrons. The van der Waals surface area contributed by atoms with Crippen molar-refractivity contribution >= 4 is 27.5 Å². The summed E-state index contributed by atoms with van der Waals surface area (Å²) in [5.41, 5.74) is 2.48. The van der Waals surface area contributed by atoms with Crippen LogP contribution in [0.3, 0.4) is 0 Å². The lowest BCUT2D eigenvalue weighted by molar-refractivity contribution is -0.139. The van der Waals surface area contributed by atoms with Crippen LogP contribution in [-0.2, 0) is 26.0 Å². The monoisotopic (exact) mass is 563 g/mol. The summed E-state index contributed by atoms with van der Waals surface area (Å²) in [6.07, 6.45) is 0.931. The van der Waals surface area contributed by atoms with Gasteiger partial charge in [-0.25, -0.2) is 8.42 Å². The third kappa shape index (κ3) is 7.94. The molecule has 0 spiro atoms. The first-order valence-electron chi connectivity index (χ1n) is 13.9. The predicted molar refractivity (Wildman–Crippen MR) is 161 cm³/mol. The van der Waals surface area contributed by atoms with Gasteiger partial charge in [0, 0.05) is 12.6 Å². The summed E-state index contributed by atoms with van der Waals surface area (Å²) in [6.45, 7) is 9.57. The van der Waals surface area contributed by atoms with Crippen molar-refractivity contribution in [3.8, 4) is 0 Å². The van der Waals surface area contributed by atoms with Crippen LogP contribution in [0.2, 0.25) is 0 Å². The van der Waals surface area contributed by atoms with Gasteiger partial charge in [0.05, 0.1) is 10.6 Å². The number of amides is 2. The van der Waals surface area contributed by atoms with Crippen LogP contribution < -0.4 is 9.62 Å². The van der Waals surface area contributed by atoms with Crippen molar-refractivity contribution < 1.29 is 18.0 Å². The molecule has 0 heterocycles. The van der Waals surface area contributed by atoms with Gasteiger partial charge in [-0.1, -0.05) is 81.4 Å². The van der Waals surface area contributed by atoms with E-state index in [-0.39, 0.29) is 29.3 Å². The Kier molecular flexibility index (Phi) is 10.9. The summed E-state index contributed by atoms with van der Waals surface area (Å²) in [7, 11) is -4.07. The molecule has 3 aromatic carbocycles. The maximum absolute atomic E-state index is 14.0. The molecule has 0 aliphatic rings. The van der Waals surface area contributed by atoms with E-state index < -0.39 is 28.5 Å². The van der Waals surface area contributed by atoms with Crippen LogP contribution in [-0.4, -0.2) is 50.3 Å². The van der Waals surface area contributed by atoms with Crippen molar-refractivity contribution in [2.75, 3.05) is 17.4 Å². The summed E-state index contributed by atoms with van der Waals surface area (Å²) in [5.74, 6) is -0.417. The number of carbonyl (C=O) groups is 2. The molecule has 8 heteroatoms. The summed E-state index contributed by atoms with van der Waals surface area (Å²) in [5, 5.41) is 2.92. The van der Waals surface area contributed by atoms with E-state index in [2.05, 4.69) is 19.2 Å². The second kappa shape index (κ2) is 14.1. The molecule has 2 amide bonds. The zero-order valence-electron chi connectivity index (χ0n) is 24.1. The van der Waals surface area contributed by atoms with Crippen LogP contribution in [0.4, 0.5) is 5.69 Å². The molecule has 0 bridgehead atoms. The molecule has 3 aromatic rings. The minimum atomic E-state index is -4.07. The summed E-state index contributed by atoms with van der Waals surface area (Å²) in [4.78, 5) is 28.8. The number of sulfonamides is 1. The van der Waals surface area contributed by atoms with E-state index in [1.54, 1.807) is 30.3 Å². The number of anilines is 1. The average molecular weight is 564 g/mol. The van der Waals surface area contributed by atoms with Gasteiger partial charge in [-0.15, -0.1) is 0 Å². The van der Waals surface area contributed by atoms with Crippen molar-refractivity contribution in [1.29, 1.82) is 0 Å². The van der Waals surface area contributed by atoms with Crippen LogP contribution in [0.25, 0.3) is 0 Å². The Balaban J connectivity index is 2.01. The van der Waals surface area contributed by atoms with Gasteiger partial charge in [-0.2, -0.15) is 0 Å². The Morgan fingerprint density at radius 3 is 1.93 bits per heavy atom. The van der Waals surface area contributed by atoms with E-state index in [1.165, 1.54) is 17.0 Å². The molecule has 0 saturated carbocycles. The second-order valence-electron chi connectivity index (χ2n) is 10.5. The Hall–Kier alpha value is -3.65. The molecule has 0 aliphatic heterocycles. The highest BCUT2D eigenvalue weighted by molar-refractivity contribution is 7.92. The Bertz CT molecular complexity index is 1340. The topological polar surface area (TPSA) is 86.8 Å². The fourth-order valence-corrected chi connectivity index (χ4v) is 5.99. The molecule has 1 N–H and O–H groups in total. The van der Waals surface area contributed by atoms with E-state index in [9.17, 15) is 18.0 Å². The quantitative estimate of drug-likeness (QED) is 0.303. The molecular weight excluding hydrogens is 522 g/mol. The molecular formula is C32H41N3O4S. The van der Waals surface area contributed by atoms with Crippen molar-refractivity contribution in [2.45, 2.75) is 70.4 Å². The van der Waals surface area contributed by atoms with Crippen LogP contribution in [0.15, 0.2) is 89.8 Å². The number of hydrogen-bond donors (Lipinski definition) is 1. The third-order valence-corrected chi connectivity index (χ3v) is 8.55. The number of carbonyl (C=O) groups excluding carboxylic acids is 2. The van der Waals surface area contributed by atoms with E-state index in [4.69, 9.17) is 0 Å². The van der Waals surface area contributed by atoms with Crippen molar-refractivity contribution in [1.82, 2.24) is 10.2 Å². The van der Waals surface area contributed by atoms with Gasteiger partial charge in [0.25, 0.3) is 10.0 Å². The largest absolute Gasteiger partial charge is 0.352 e. The minimum absolute atomic E-state index is 0.0937. The lowest BCUT2D eigenvalue weighted by Crippen LogP contribution is -2.54. The molecule has 40 heavy (non-hydrogen) atoms. The Labute approximate surface area is 239 Å². The van der Waals surface area contributed by atoms with Gasteiger partial charge in [0.15, 0.2) is 0 Å². The summed E-state index contributed by atoms with van der Waals surface area (Å²) >= 11 is 0. The minimum Gasteiger partial charge on any atom is -0.352 e. The SMILES string of the molecule is CC[C@@H](C(=O)NC(C)C)N(CCc1ccccc1)C(=O)CN(c1ccc(C(C)C)cc1)S(=O)(=O)c1ccccc1.